The molecule has 0 bridgehead atoms. The lowest BCUT2D eigenvalue weighted by molar-refractivity contribution is 0.490. The number of benzene rings is 6. The van der Waals surface area contributed by atoms with Gasteiger partial charge in [-0.2, -0.15) is 0 Å². The van der Waals surface area contributed by atoms with E-state index in [1.807, 2.05) is 0 Å². The lowest BCUT2D eigenvalue weighted by Gasteiger charge is -2.30. The fourth-order valence-electron chi connectivity index (χ4n) is 8.16. The number of fused-ring (bicyclic) bond motifs is 9. The second-order valence-electron chi connectivity index (χ2n) is 12.0. The molecule has 2 heterocycles. The number of para-hydroxylation sites is 4. The minimum atomic E-state index is -0.0474. The Kier molecular flexibility index (Phi) is 5.11. The van der Waals surface area contributed by atoms with Crippen molar-refractivity contribution in [2.24, 2.45) is 0 Å². The molecule has 0 unspecified atom stereocenters. The average Bonchev–Trinajstić information content (AvgIpc) is 3.68. The van der Waals surface area contributed by atoms with Gasteiger partial charge in [0, 0.05) is 38.3 Å². The zero-order valence-electron chi connectivity index (χ0n) is 24.5. The fraction of sp³-hybridized carbons (Fsp3) is 0.122. The van der Waals surface area contributed by atoms with Crippen molar-refractivity contribution < 1.29 is 0 Å². The molecular weight excluding hydrogens is 520 g/mol. The third kappa shape index (κ3) is 3.18. The van der Waals surface area contributed by atoms with E-state index in [2.05, 4.69) is 156 Å². The van der Waals surface area contributed by atoms with Gasteiger partial charge in [0.25, 0.3) is 0 Å². The molecule has 0 atom stereocenters. The maximum Gasteiger partial charge on any atom is 0.0541 e. The first kappa shape index (κ1) is 24.5. The molecule has 0 saturated heterocycles. The second-order valence-corrected chi connectivity index (χ2v) is 12.0. The van der Waals surface area contributed by atoms with E-state index in [9.17, 15) is 0 Å². The number of nitrogens with zero attached hydrogens (tertiary/aromatic N) is 2. The summed E-state index contributed by atoms with van der Waals surface area (Å²) in [5.74, 6) is 0. The number of hydrogen-bond donors (Lipinski definition) is 0. The van der Waals surface area contributed by atoms with Crippen LogP contribution in [0.3, 0.4) is 0 Å². The summed E-state index contributed by atoms with van der Waals surface area (Å²) in [7, 11) is 0. The molecular formula is C41H32N2. The molecule has 43 heavy (non-hydrogen) atoms. The highest BCUT2D eigenvalue weighted by molar-refractivity contribution is 6.10. The minimum Gasteiger partial charge on any atom is -0.309 e. The van der Waals surface area contributed by atoms with Crippen molar-refractivity contribution in [3.8, 4) is 22.5 Å². The smallest absolute Gasteiger partial charge is 0.0541 e. The van der Waals surface area contributed by atoms with Gasteiger partial charge in [-0.1, -0.05) is 98.8 Å². The van der Waals surface area contributed by atoms with Gasteiger partial charge in [-0.25, -0.2) is 0 Å². The summed E-state index contributed by atoms with van der Waals surface area (Å²) >= 11 is 0. The highest BCUT2D eigenvalue weighted by atomic mass is 15.0. The standard InChI is InChI=1S/C41H32N2/c1-3-41(4-2)35-25-27(42-37-17-9-5-13-31(37)32-14-6-10-18-38(32)42)21-23-29(35)30-24-22-28(26-36(30)41)43-39-19-11-7-15-33(39)34-16-8-12-20-40(34)43/h5-26H,3-4H2,1-2H3. The van der Waals surface area contributed by atoms with Gasteiger partial charge < -0.3 is 9.13 Å². The Balaban J connectivity index is 1.28. The molecule has 2 aromatic heterocycles. The predicted molar refractivity (Wildman–Crippen MR) is 182 cm³/mol. The van der Waals surface area contributed by atoms with E-state index in [1.165, 1.54) is 77.2 Å². The Morgan fingerprint density at radius 3 is 1.07 bits per heavy atom. The van der Waals surface area contributed by atoms with Crippen molar-refractivity contribution in [3.63, 3.8) is 0 Å². The Morgan fingerprint density at radius 2 is 0.744 bits per heavy atom. The molecule has 8 aromatic rings. The summed E-state index contributed by atoms with van der Waals surface area (Å²) in [5, 5.41) is 5.20. The van der Waals surface area contributed by atoms with Crippen LogP contribution in [-0.4, -0.2) is 9.13 Å². The molecule has 0 N–H and O–H groups in total. The fourth-order valence-corrected chi connectivity index (χ4v) is 8.16. The molecule has 1 aliphatic rings. The van der Waals surface area contributed by atoms with E-state index in [0.717, 1.165) is 12.8 Å². The highest BCUT2D eigenvalue weighted by Crippen LogP contribution is 2.54. The maximum absolute atomic E-state index is 2.49. The quantitative estimate of drug-likeness (QED) is 0.205. The Labute approximate surface area is 251 Å². The van der Waals surface area contributed by atoms with Crippen LogP contribution in [0.5, 0.6) is 0 Å². The molecule has 206 valence electrons. The summed E-state index contributed by atoms with van der Waals surface area (Å²) in [5.41, 5.74) is 13.1. The van der Waals surface area contributed by atoms with Crippen LogP contribution in [0.1, 0.15) is 37.8 Å². The summed E-state index contributed by atoms with van der Waals surface area (Å²) < 4.78 is 4.90. The molecule has 2 heteroatoms. The zero-order chi connectivity index (χ0) is 28.7. The van der Waals surface area contributed by atoms with E-state index in [1.54, 1.807) is 0 Å². The van der Waals surface area contributed by atoms with Gasteiger partial charge in [0.05, 0.1) is 22.1 Å². The first-order chi connectivity index (χ1) is 21.2. The Bertz CT molecular complexity index is 2110. The predicted octanol–water partition coefficient (Wildman–Crippen LogP) is 11.0. The lowest BCUT2D eigenvalue weighted by Crippen LogP contribution is -2.23. The average molecular weight is 553 g/mol. The van der Waals surface area contributed by atoms with E-state index >= 15 is 0 Å². The van der Waals surface area contributed by atoms with Gasteiger partial charge in [-0.05, 0) is 83.6 Å². The topological polar surface area (TPSA) is 9.86 Å². The zero-order valence-corrected chi connectivity index (χ0v) is 24.5. The van der Waals surface area contributed by atoms with Crippen LogP contribution in [0, 0.1) is 0 Å². The summed E-state index contributed by atoms with van der Waals surface area (Å²) in [6.45, 7) is 4.73. The molecule has 0 saturated carbocycles. The molecule has 2 nitrogen and oxygen atoms in total. The summed E-state index contributed by atoms with van der Waals surface area (Å²) in [6.07, 6.45) is 2.10. The van der Waals surface area contributed by atoms with Crippen LogP contribution in [-0.2, 0) is 5.41 Å². The van der Waals surface area contributed by atoms with E-state index < -0.39 is 0 Å². The SMILES string of the molecule is CCC1(CC)c2cc(-n3c4ccccc4c4ccccc43)ccc2-c2ccc(-n3c4ccccc4c4ccccc43)cc21. The first-order valence-electron chi connectivity index (χ1n) is 15.5. The lowest BCUT2D eigenvalue weighted by atomic mass is 9.73. The van der Waals surface area contributed by atoms with Crippen molar-refractivity contribution in [2.45, 2.75) is 32.1 Å². The first-order valence-corrected chi connectivity index (χ1v) is 15.5. The van der Waals surface area contributed by atoms with Gasteiger partial charge in [-0.3, -0.25) is 0 Å². The number of aromatic nitrogens is 2. The normalized spacial score (nSPS) is 13.7. The molecule has 6 aromatic carbocycles. The number of rotatable bonds is 4. The van der Waals surface area contributed by atoms with Crippen LogP contribution in [0.15, 0.2) is 133 Å². The third-order valence-corrected chi connectivity index (χ3v) is 10.2. The second kappa shape index (κ2) is 8.96. The van der Waals surface area contributed by atoms with E-state index in [-0.39, 0.29) is 5.41 Å². The van der Waals surface area contributed by atoms with Crippen LogP contribution in [0.4, 0.5) is 0 Å². The van der Waals surface area contributed by atoms with Gasteiger partial charge in [0.2, 0.25) is 0 Å². The molecule has 0 radical (unpaired) electrons. The van der Waals surface area contributed by atoms with Crippen molar-refractivity contribution in [3.05, 3.63) is 145 Å². The van der Waals surface area contributed by atoms with Crippen LogP contribution in [0.2, 0.25) is 0 Å². The van der Waals surface area contributed by atoms with Crippen molar-refractivity contribution >= 4 is 43.6 Å². The van der Waals surface area contributed by atoms with Crippen LogP contribution in [0.25, 0.3) is 66.1 Å². The Morgan fingerprint density at radius 1 is 0.419 bits per heavy atom. The highest BCUT2D eigenvalue weighted by Gasteiger charge is 2.41. The largest absolute Gasteiger partial charge is 0.309 e. The van der Waals surface area contributed by atoms with E-state index in [4.69, 9.17) is 0 Å². The minimum absolute atomic E-state index is 0.0474. The van der Waals surface area contributed by atoms with Gasteiger partial charge >= 0.3 is 0 Å². The molecule has 0 amide bonds. The monoisotopic (exact) mass is 552 g/mol. The van der Waals surface area contributed by atoms with Crippen molar-refractivity contribution in [1.82, 2.24) is 9.13 Å². The maximum atomic E-state index is 2.49. The summed E-state index contributed by atoms with van der Waals surface area (Å²) in [4.78, 5) is 0. The van der Waals surface area contributed by atoms with Gasteiger partial charge in [0.15, 0.2) is 0 Å². The number of hydrogen-bond acceptors (Lipinski definition) is 0. The van der Waals surface area contributed by atoms with E-state index in [0.29, 0.717) is 0 Å². The molecule has 9 rings (SSSR count). The Hall–Kier alpha value is -5.08. The molecule has 0 aliphatic heterocycles. The summed E-state index contributed by atoms with van der Waals surface area (Å²) in [6, 6.07) is 49.6. The van der Waals surface area contributed by atoms with Crippen LogP contribution >= 0.6 is 0 Å². The molecule has 1 aliphatic carbocycles. The third-order valence-electron chi connectivity index (χ3n) is 10.2. The van der Waals surface area contributed by atoms with Gasteiger partial charge in [0.1, 0.15) is 0 Å². The van der Waals surface area contributed by atoms with Crippen molar-refractivity contribution in [1.29, 1.82) is 0 Å². The van der Waals surface area contributed by atoms with Gasteiger partial charge in [-0.15, -0.1) is 0 Å². The molecule has 0 fully saturated rings. The van der Waals surface area contributed by atoms with Crippen molar-refractivity contribution in [2.75, 3.05) is 0 Å². The molecule has 0 spiro atoms. The van der Waals surface area contributed by atoms with Crippen LogP contribution < -0.4 is 0 Å².